The number of ether oxygens (including phenoxy) is 1. The Morgan fingerprint density at radius 1 is 0.897 bits per heavy atom. The molecule has 2 atom stereocenters. The first-order chi connectivity index (χ1) is 18.8. The number of hydrogen-bond donors (Lipinski definition) is 3. The molecule has 1 saturated carbocycles. The van der Waals surface area contributed by atoms with E-state index in [0.717, 1.165) is 37.2 Å². The predicted molar refractivity (Wildman–Crippen MR) is 152 cm³/mol. The van der Waals surface area contributed by atoms with Gasteiger partial charge in [0.15, 0.2) is 0 Å². The van der Waals surface area contributed by atoms with Crippen LogP contribution in [0.25, 0.3) is 0 Å². The fraction of sp³-hybridized carbons (Fsp3) is 0.452. The molecule has 0 radical (unpaired) electrons. The van der Waals surface area contributed by atoms with E-state index in [0.29, 0.717) is 24.3 Å². The second-order valence-corrected chi connectivity index (χ2v) is 11.2. The summed E-state index contributed by atoms with van der Waals surface area (Å²) in [4.78, 5) is 23.2. The highest BCUT2D eigenvalue weighted by Crippen LogP contribution is 2.21. The van der Waals surface area contributed by atoms with Gasteiger partial charge in [-0.3, -0.25) is 14.9 Å². The minimum absolute atomic E-state index is 0.0584. The second kappa shape index (κ2) is 13.5. The first-order valence-corrected chi connectivity index (χ1v) is 13.8. The number of benzene rings is 1. The van der Waals surface area contributed by atoms with E-state index in [1.807, 2.05) is 51.2 Å². The molecule has 3 N–H and O–H groups in total. The van der Waals surface area contributed by atoms with Gasteiger partial charge in [-0.25, -0.2) is 4.79 Å². The smallest absolute Gasteiger partial charge is 0.410 e. The topological polar surface area (TPSA) is 99.6 Å². The van der Waals surface area contributed by atoms with Crippen molar-refractivity contribution in [2.24, 2.45) is 0 Å². The summed E-state index contributed by atoms with van der Waals surface area (Å²) in [6, 6.07) is 18.4. The zero-order valence-corrected chi connectivity index (χ0v) is 23.3. The largest absolute Gasteiger partial charge is 0.506 e. The van der Waals surface area contributed by atoms with E-state index in [1.54, 1.807) is 23.2 Å². The molecule has 2 aromatic heterocycles. The SMILES string of the molecule is CC(C)(C)OC(=O)N(Cc1ccc(CNC2CCCCC2NCc2ccccn2)cc1)Cc1ncccc1O. The Bertz CT molecular complexity index is 1180. The molecule has 1 fully saturated rings. The van der Waals surface area contributed by atoms with Crippen LogP contribution in [0.15, 0.2) is 67.0 Å². The number of carbonyl (C=O) groups is 1. The Morgan fingerprint density at radius 3 is 2.21 bits per heavy atom. The summed E-state index contributed by atoms with van der Waals surface area (Å²) < 4.78 is 5.63. The van der Waals surface area contributed by atoms with Gasteiger partial charge in [-0.15, -0.1) is 0 Å². The van der Waals surface area contributed by atoms with E-state index in [2.05, 4.69) is 38.8 Å². The number of aromatic nitrogens is 2. The molecular weight excluding hydrogens is 490 g/mol. The molecule has 0 aliphatic heterocycles. The summed E-state index contributed by atoms with van der Waals surface area (Å²) in [5.74, 6) is 0.0584. The average Bonchev–Trinajstić information content (AvgIpc) is 2.92. The van der Waals surface area contributed by atoms with Gasteiger partial charge in [0.05, 0.1) is 12.2 Å². The van der Waals surface area contributed by atoms with Crippen molar-refractivity contribution in [3.63, 3.8) is 0 Å². The molecule has 1 amide bonds. The van der Waals surface area contributed by atoms with E-state index < -0.39 is 11.7 Å². The van der Waals surface area contributed by atoms with Gasteiger partial charge >= 0.3 is 6.09 Å². The highest BCUT2D eigenvalue weighted by Gasteiger charge is 2.25. The summed E-state index contributed by atoms with van der Waals surface area (Å²) in [5, 5.41) is 17.7. The van der Waals surface area contributed by atoms with E-state index in [-0.39, 0.29) is 12.3 Å². The van der Waals surface area contributed by atoms with Crippen molar-refractivity contribution in [2.75, 3.05) is 0 Å². The second-order valence-electron chi connectivity index (χ2n) is 11.2. The molecule has 0 spiro atoms. The summed E-state index contributed by atoms with van der Waals surface area (Å²) in [5.41, 5.74) is 3.05. The van der Waals surface area contributed by atoms with Gasteiger partial charge in [0.2, 0.25) is 0 Å². The lowest BCUT2D eigenvalue weighted by atomic mass is 9.90. The average molecular weight is 532 g/mol. The third-order valence-corrected chi connectivity index (χ3v) is 6.86. The molecule has 208 valence electrons. The lowest BCUT2D eigenvalue weighted by molar-refractivity contribution is 0.0213. The number of hydrogen-bond acceptors (Lipinski definition) is 7. The molecule has 1 aliphatic carbocycles. The monoisotopic (exact) mass is 531 g/mol. The zero-order chi connectivity index (χ0) is 27.7. The molecule has 8 nitrogen and oxygen atoms in total. The van der Waals surface area contributed by atoms with Crippen LogP contribution in [-0.2, 0) is 30.9 Å². The van der Waals surface area contributed by atoms with Gasteiger partial charge in [0.1, 0.15) is 17.0 Å². The Balaban J connectivity index is 1.35. The van der Waals surface area contributed by atoms with Gasteiger partial charge in [-0.05, 0) is 69.0 Å². The van der Waals surface area contributed by atoms with Gasteiger partial charge in [0.25, 0.3) is 0 Å². The number of pyridine rings is 2. The van der Waals surface area contributed by atoms with Crippen molar-refractivity contribution in [1.29, 1.82) is 0 Å². The summed E-state index contributed by atoms with van der Waals surface area (Å²) in [6.07, 6.45) is 7.81. The number of amides is 1. The van der Waals surface area contributed by atoms with Crippen LogP contribution in [-0.4, -0.2) is 43.8 Å². The van der Waals surface area contributed by atoms with Crippen LogP contribution < -0.4 is 10.6 Å². The lowest BCUT2D eigenvalue weighted by Crippen LogP contribution is -2.49. The Kier molecular flexibility index (Phi) is 9.90. The molecular formula is C31H41N5O3. The van der Waals surface area contributed by atoms with Crippen LogP contribution in [0.4, 0.5) is 4.79 Å². The quantitative estimate of drug-likeness (QED) is 0.326. The molecule has 3 aromatic rings. The molecule has 39 heavy (non-hydrogen) atoms. The number of nitrogens with one attached hydrogen (secondary N) is 2. The molecule has 2 heterocycles. The van der Waals surface area contributed by atoms with Crippen LogP contribution in [0.5, 0.6) is 5.75 Å². The number of carbonyl (C=O) groups excluding carboxylic acids is 1. The van der Waals surface area contributed by atoms with Crippen molar-refractivity contribution >= 4 is 6.09 Å². The van der Waals surface area contributed by atoms with Crippen molar-refractivity contribution < 1.29 is 14.6 Å². The van der Waals surface area contributed by atoms with E-state index in [1.165, 1.54) is 18.4 Å². The van der Waals surface area contributed by atoms with Crippen molar-refractivity contribution in [1.82, 2.24) is 25.5 Å². The summed E-state index contributed by atoms with van der Waals surface area (Å²) in [7, 11) is 0. The lowest BCUT2D eigenvalue weighted by Gasteiger charge is -2.33. The van der Waals surface area contributed by atoms with E-state index in [4.69, 9.17) is 4.74 Å². The van der Waals surface area contributed by atoms with Crippen molar-refractivity contribution in [2.45, 2.75) is 90.3 Å². The molecule has 8 heteroatoms. The third-order valence-electron chi connectivity index (χ3n) is 6.86. The van der Waals surface area contributed by atoms with Crippen LogP contribution in [0.1, 0.15) is 69.0 Å². The maximum Gasteiger partial charge on any atom is 0.410 e. The number of nitrogens with zero attached hydrogens (tertiary/aromatic N) is 3. The van der Waals surface area contributed by atoms with Crippen LogP contribution in [0.2, 0.25) is 0 Å². The standard InChI is InChI=1S/C31H41N5O3/c1-31(2,3)39-30(38)36(22-28-29(37)12-8-18-33-28)21-24-15-13-23(14-16-24)19-34-26-10-4-5-11-27(26)35-20-25-9-6-7-17-32-25/h6-9,12-18,26-27,34-35,37H,4-5,10-11,19-22H2,1-3H3. The van der Waals surface area contributed by atoms with Gasteiger partial charge < -0.3 is 20.5 Å². The predicted octanol–water partition coefficient (Wildman–Crippen LogP) is 5.31. The molecule has 1 aliphatic rings. The molecule has 4 rings (SSSR count). The highest BCUT2D eigenvalue weighted by molar-refractivity contribution is 5.68. The van der Waals surface area contributed by atoms with Crippen LogP contribution >= 0.6 is 0 Å². The third kappa shape index (κ3) is 9.04. The van der Waals surface area contributed by atoms with Gasteiger partial charge in [-0.1, -0.05) is 43.2 Å². The molecule has 2 unspecified atom stereocenters. The number of aromatic hydroxyl groups is 1. The number of rotatable bonds is 10. The highest BCUT2D eigenvalue weighted by atomic mass is 16.6. The fourth-order valence-electron chi connectivity index (χ4n) is 4.83. The Morgan fingerprint density at radius 2 is 1.56 bits per heavy atom. The molecule has 0 bridgehead atoms. The summed E-state index contributed by atoms with van der Waals surface area (Å²) in [6.45, 7) is 7.59. The van der Waals surface area contributed by atoms with Crippen LogP contribution in [0, 0.1) is 0 Å². The Hall–Kier alpha value is -3.49. The summed E-state index contributed by atoms with van der Waals surface area (Å²) >= 11 is 0. The van der Waals surface area contributed by atoms with Crippen molar-refractivity contribution in [3.05, 3.63) is 89.5 Å². The first-order valence-electron chi connectivity index (χ1n) is 13.8. The fourth-order valence-corrected chi connectivity index (χ4v) is 4.83. The zero-order valence-electron chi connectivity index (χ0n) is 23.3. The molecule has 1 aromatic carbocycles. The minimum Gasteiger partial charge on any atom is -0.506 e. The van der Waals surface area contributed by atoms with Gasteiger partial charge in [0, 0.05) is 44.1 Å². The van der Waals surface area contributed by atoms with Gasteiger partial charge in [-0.2, -0.15) is 0 Å². The van der Waals surface area contributed by atoms with E-state index in [9.17, 15) is 9.90 Å². The van der Waals surface area contributed by atoms with Crippen molar-refractivity contribution in [3.8, 4) is 5.75 Å². The Labute approximate surface area is 231 Å². The first kappa shape index (κ1) is 28.5. The minimum atomic E-state index is -0.625. The normalized spacial score (nSPS) is 17.5. The maximum absolute atomic E-state index is 13.0. The maximum atomic E-state index is 13.0. The van der Waals surface area contributed by atoms with E-state index >= 15 is 0 Å². The van der Waals surface area contributed by atoms with Crippen LogP contribution in [0.3, 0.4) is 0 Å². The molecule has 0 saturated heterocycles.